The molecule has 0 spiro atoms. The van der Waals surface area contributed by atoms with Gasteiger partial charge in [-0.25, -0.2) is 0 Å². The van der Waals surface area contributed by atoms with Crippen molar-refractivity contribution in [2.75, 3.05) is 19.7 Å². The van der Waals surface area contributed by atoms with Crippen LogP contribution in [0.5, 0.6) is 5.75 Å². The van der Waals surface area contributed by atoms with Gasteiger partial charge in [-0.2, -0.15) is 0 Å². The molecule has 2 aromatic heterocycles. The summed E-state index contributed by atoms with van der Waals surface area (Å²) in [5.41, 5.74) is 0. The van der Waals surface area contributed by atoms with Crippen molar-refractivity contribution in [1.29, 1.82) is 0 Å². The number of thiophene rings is 1. The average molecular weight is 413 g/mol. The lowest BCUT2D eigenvalue weighted by atomic mass is 10.3. The second kappa shape index (κ2) is 11.2. The number of para-hydroxylation sites is 1. The highest BCUT2D eigenvalue weighted by molar-refractivity contribution is 7.10. The molecule has 3 rings (SSSR count). The number of hydrogen-bond donors (Lipinski definition) is 2. The molecule has 29 heavy (non-hydrogen) atoms. The lowest BCUT2D eigenvalue weighted by Crippen LogP contribution is -2.40. The summed E-state index contributed by atoms with van der Waals surface area (Å²) in [6.07, 6.45) is 2.62. The molecule has 0 aliphatic heterocycles. The largest absolute Gasteiger partial charge is 0.492 e. The molecule has 0 bridgehead atoms. The summed E-state index contributed by atoms with van der Waals surface area (Å²) < 4.78 is 7.81. The Morgan fingerprint density at radius 3 is 2.86 bits per heavy atom. The zero-order valence-corrected chi connectivity index (χ0v) is 17.7. The molecule has 1 unspecified atom stereocenters. The Morgan fingerprint density at radius 2 is 2.10 bits per heavy atom. The number of ether oxygens (including phenoxy) is 1. The Kier molecular flexibility index (Phi) is 8.06. The number of benzene rings is 1. The summed E-state index contributed by atoms with van der Waals surface area (Å²) in [5, 5.41) is 17.0. The van der Waals surface area contributed by atoms with Gasteiger partial charge in [0.2, 0.25) is 0 Å². The van der Waals surface area contributed by atoms with E-state index >= 15 is 0 Å². The lowest BCUT2D eigenvalue weighted by molar-refractivity contribution is 0.321. The van der Waals surface area contributed by atoms with Gasteiger partial charge in [0.05, 0.1) is 19.1 Å². The first kappa shape index (κ1) is 20.9. The van der Waals surface area contributed by atoms with Gasteiger partial charge in [-0.15, -0.1) is 21.5 Å². The third kappa shape index (κ3) is 6.60. The molecule has 1 atom stereocenters. The van der Waals surface area contributed by atoms with E-state index in [0.29, 0.717) is 19.7 Å². The Balaban J connectivity index is 1.54. The van der Waals surface area contributed by atoms with Crippen LogP contribution in [0.1, 0.15) is 30.6 Å². The molecule has 0 radical (unpaired) electrons. The molecule has 3 aromatic rings. The molecule has 2 heterocycles. The van der Waals surface area contributed by atoms with Crippen LogP contribution in [0.4, 0.5) is 0 Å². The van der Waals surface area contributed by atoms with Crippen molar-refractivity contribution in [3.05, 3.63) is 64.9 Å². The first-order chi connectivity index (χ1) is 14.3. The van der Waals surface area contributed by atoms with Crippen molar-refractivity contribution in [2.45, 2.75) is 32.9 Å². The highest BCUT2D eigenvalue weighted by atomic mass is 32.1. The molecular formula is C21H28N6OS. The predicted octanol–water partition coefficient (Wildman–Crippen LogP) is 3.28. The number of aromatic nitrogens is 3. The van der Waals surface area contributed by atoms with E-state index in [-0.39, 0.29) is 6.04 Å². The molecule has 0 saturated carbocycles. The molecule has 2 N–H and O–H groups in total. The third-order valence-electron chi connectivity index (χ3n) is 4.35. The molecule has 7 nitrogen and oxygen atoms in total. The van der Waals surface area contributed by atoms with Crippen molar-refractivity contribution in [2.24, 2.45) is 4.99 Å². The fourth-order valence-electron chi connectivity index (χ4n) is 2.83. The summed E-state index contributed by atoms with van der Waals surface area (Å²) in [4.78, 5) is 6.01. The topological polar surface area (TPSA) is 76.4 Å². The molecule has 0 fully saturated rings. The fraction of sp³-hybridized carbons (Fsp3) is 0.381. The van der Waals surface area contributed by atoms with Gasteiger partial charge in [-0.1, -0.05) is 31.2 Å². The molecule has 0 amide bonds. The Morgan fingerprint density at radius 1 is 1.24 bits per heavy atom. The zero-order chi connectivity index (χ0) is 20.3. The smallest absolute Gasteiger partial charge is 0.191 e. The van der Waals surface area contributed by atoms with Gasteiger partial charge in [-0.3, -0.25) is 4.99 Å². The number of guanidine groups is 1. The number of aryl methyl sites for hydroxylation is 1. The number of hydrogen-bond acceptors (Lipinski definition) is 5. The first-order valence-corrected chi connectivity index (χ1v) is 10.8. The van der Waals surface area contributed by atoms with E-state index in [9.17, 15) is 0 Å². The Labute approximate surface area is 175 Å². The minimum atomic E-state index is 0.178. The monoisotopic (exact) mass is 412 g/mol. The second-order valence-corrected chi connectivity index (χ2v) is 7.47. The predicted molar refractivity (Wildman–Crippen MR) is 118 cm³/mol. The summed E-state index contributed by atoms with van der Waals surface area (Å²) >= 11 is 1.73. The molecule has 1 aromatic carbocycles. The van der Waals surface area contributed by atoms with Crippen molar-refractivity contribution in [3.8, 4) is 5.75 Å². The molecule has 0 saturated heterocycles. The van der Waals surface area contributed by atoms with Crippen LogP contribution in [0, 0.1) is 0 Å². The molecule has 8 heteroatoms. The van der Waals surface area contributed by atoms with Gasteiger partial charge in [0.15, 0.2) is 5.96 Å². The maximum absolute atomic E-state index is 5.76. The lowest BCUT2D eigenvalue weighted by Gasteiger charge is -2.18. The van der Waals surface area contributed by atoms with Gasteiger partial charge >= 0.3 is 0 Å². The van der Waals surface area contributed by atoms with Crippen molar-refractivity contribution < 1.29 is 4.74 Å². The third-order valence-corrected chi connectivity index (χ3v) is 5.41. The van der Waals surface area contributed by atoms with Gasteiger partial charge < -0.3 is 19.9 Å². The second-order valence-electron chi connectivity index (χ2n) is 6.49. The maximum Gasteiger partial charge on any atom is 0.191 e. The minimum Gasteiger partial charge on any atom is -0.492 e. The van der Waals surface area contributed by atoms with Crippen LogP contribution in [0.2, 0.25) is 0 Å². The molecule has 154 valence electrons. The van der Waals surface area contributed by atoms with Crippen molar-refractivity contribution in [1.82, 2.24) is 25.4 Å². The van der Waals surface area contributed by atoms with E-state index in [1.165, 1.54) is 4.88 Å². The number of aliphatic imine (C=N–C) groups is 1. The van der Waals surface area contributed by atoms with Crippen LogP contribution >= 0.6 is 11.3 Å². The van der Waals surface area contributed by atoms with Crippen LogP contribution in [-0.4, -0.2) is 40.4 Å². The van der Waals surface area contributed by atoms with Crippen LogP contribution in [0.15, 0.2) is 59.2 Å². The molecular weight excluding hydrogens is 384 g/mol. The Hall–Kier alpha value is -2.87. The highest BCUT2D eigenvalue weighted by Crippen LogP contribution is 2.17. The van der Waals surface area contributed by atoms with E-state index in [2.05, 4.69) is 52.2 Å². The standard InChI is InChI=1S/C21H28N6OS/c1-3-20-26-24-16-27(20)13-11-22-21(25-17(2)19-10-7-15-29-19)23-12-14-28-18-8-5-4-6-9-18/h4-10,15-17H,3,11-14H2,1-2H3,(H2,22,23,25). The van der Waals surface area contributed by atoms with Gasteiger partial charge in [-0.05, 0) is 30.5 Å². The summed E-state index contributed by atoms with van der Waals surface area (Å²) in [6.45, 7) is 6.81. The highest BCUT2D eigenvalue weighted by Gasteiger charge is 2.09. The van der Waals surface area contributed by atoms with Gasteiger partial charge in [0, 0.05) is 17.8 Å². The molecule has 0 aliphatic carbocycles. The van der Waals surface area contributed by atoms with Crippen molar-refractivity contribution >= 4 is 17.3 Å². The fourth-order valence-corrected chi connectivity index (χ4v) is 3.56. The normalized spacial score (nSPS) is 12.6. The van der Waals surface area contributed by atoms with Crippen molar-refractivity contribution in [3.63, 3.8) is 0 Å². The quantitative estimate of drug-likeness (QED) is 0.304. The number of rotatable bonds is 10. The summed E-state index contributed by atoms with van der Waals surface area (Å²) in [5.74, 6) is 2.62. The average Bonchev–Trinajstić information content (AvgIpc) is 3.43. The maximum atomic E-state index is 5.76. The van der Waals surface area contributed by atoms with E-state index in [0.717, 1.165) is 30.5 Å². The van der Waals surface area contributed by atoms with E-state index < -0.39 is 0 Å². The number of nitrogens with one attached hydrogen (secondary N) is 2. The van der Waals surface area contributed by atoms with E-state index in [1.54, 1.807) is 17.7 Å². The number of nitrogens with zero attached hydrogens (tertiary/aromatic N) is 4. The van der Waals surface area contributed by atoms with Gasteiger partial charge in [0.1, 0.15) is 24.5 Å². The van der Waals surface area contributed by atoms with Crippen LogP contribution < -0.4 is 15.4 Å². The van der Waals surface area contributed by atoms with Crippen LogP contribution in [0.3, 0.4) is 0 Å². The van der Waals surface area contributed by atoms with Crippen LogP contribution in [-0.2, 0) is 13.0 Å². The summed E-state index contributed by atoms with van der Waals surface area (Å²) in [7, 11) is 0. The molecule has 0 aliphatic rings. The SMILES string of the molecule is CCc1nncn1CCN=C(NCCOc1ccccc1)NC(C)c1cccs1. The Bertz CT molecular complexity index is 862. The van der Waals surface area contributed by atoms with E-state index in [4.69, 9.17) is 9.73 Å². The summed E-state index contributed by atoms with van der Waals surface area (Å²) in [6, 6.07) is 14.2. The zero-order valence-electron chi connectivity index (χ0n) is 16.9. The van der Waals surface area contributed by atoms with E-state index in [1.807, 2.05) is 34.9 Å². The minimum absolute atomic E-state index is 0.178. The first-order valence-electron chi connectivity index (χ1n) is 9.89. The van der Waals surface area contributed by atoms with Crippen LogP contribution in [0.25, 0.3) is 0 Å². The van der Waals surface area contributed by atoms with Gasteiger partial charge in [0.25, 0.3) is 0 Å².